The lowest BCUT2D eigenvalue weighted by Crippen LogP contribution is -1.96. The van der Waals surface area contributed by atoms with Gasteiger partial charge in [-0.3, -0.25) is 0 Å². The van der Waals surface area contributed by atoms with Crippen molar-refractivity contribution in [3.63, 3.8) is 0 Å². The van der Waals surface area contributed by atoms with Crippen molar-refractivity contribution in [1.29, 1.82) is 5.26 Å². The lowest BCUT2D eigenvalue weighted by atomic mass is 10.2. The summed E-state index contributed by atoms with van der Waals surface area (Å²) in [4.78, 5) is 4.32. The second kappa shape index (κ2) is 5.07. The third kappa shape index (κ3) is 2.79. The van der Waals surface area contributed by atoms with Gasteiger partial charge in [0.15, 0.2) is 0 Å². The molecule has 3 nitrogen and oxygen atoms in total. The average Bonchev–Trinajstić information content (AvgIpc) is 2.33. The number of nitriles is 1. The molecule has 0 saturated carbocycles. The molecule has 0 aliphatic heterocycles. The molecule has 18 heavy (non-hydrogen) atoms. The van der Waals surface area contributed by atoms with Gasteiger partial charge in [-0.25, -0.2) is 4.98 Å². The molecule has 0 aliphatic carbocycles. The third-order valence-electron chi connectivity index (χ3n) is 2.53. The zero-order valence-electron chi connectivity index (χ0n) is 10.2. The predicted molar refractivity (Wildman–Crippen MR) is 73.2 cm³/mol. The molecule has 0 aliphatic rings. The topological polar surface area (TPSA) is 48.7 Å². The molecule has 1 N–H and O–H groups in total. The summed E-state index contributed by atoms with van der Waals surface area (Å²) >= 11 is 6.06. The highest BCUT2D eigenvalue weighted by Crippen LogP contribution is 2.23. The van der Waals surface area contributed by atoms with Crippen molar-refractivity contribution in [2.24, 2.45) is 0 Å². The molecule has 0 radical (unpaired) electrons. The monoisotopic (exact) mass is 257 g/mol. The van der Waals surface area contributed by atoms with Crippen molar-refractivity contribution >= 4 is 23.1 Å². The molecule has 0 amide bonds. The number of rotatable bonds is 2. The number of anilines is 2. The minimum atomic E-state index is 0.586. The zero-order valence-corrected chi connectivity index (χ0v) is 10.9. The number of halogens is 1. The van der Waals surface area contributed by atoms with Crippen molar-refractivity contribution in [2.45, 2.75) is 13.8 Å². The van der Waals surface area contributed by atoms with Crippen molar-refractivity contribution in [3.05, 3.63) is 52.2 Å². The average molecular weight is 258 g/mol. The first kappa shape index (κ1) is 12.4. The Kier molecular flexibility index (Phi) is 3.50. The van der Waals surface area contributed by atoms with E-state index in [1.807, 2.05) is 32.0 Å². The number of aryl methyl sites for hydroxylation is 2. The number of pyridine rings is 1. The fourth-order valence-corrected chi connectivity index (χ4v) is 1.80. The van der Waals surface area contributed by atoms with Gasteiger partial charge in [0.25, 0.3) is 0 Å². The van der Waals surface area contributed by atoms with Crippen LogP contribution in [0.3, 0.4) is 0 Å². The summed E-state index contributed by atoms with van der Waals surface area (Å²) in [7, 11) is 0. The Balaban J connectivity index is 2.31. The summed E-state index contributed by atoms with van der Waals surface area (Å²) in [5.41, 5.74) is 3.27. The highest BCUT2D eigenvalue weighted by molar-refractivity contribution is 6.31. The van der Waals surface area contributed by atoms with Crippen LogP contribution in [0.1, 0.15) is 16.8 Å². The van der Waals surface area contributed by atoms with E-state index >= 15 is 0 Å². The van der Waals surface area contributed by atoms with E-state index in [0.717, 1.165) is 16.9 Å². The van der Waals surface area contributed by atoms with Crippen LogP contribution in [0.4, 0.5) is 11.5 Å². The molecule has 0 spiro atoms. The molecule has 2 aromatic rings. The molecule has 1 aromatic carbocycles. The van der Waals surface area contributed by atoms with Crippen molar-refractivity contribution in [3.8, 4) is 6.07 Å². The number of aromatic nitrogens is 1. The molecule has 1 aromatic heterocycles. The van der Waals surface area contributed by atoms with Crippen LogP contribution >= 0.6 is 11.6 Å². The van der Waals surface area contributed by atoms with Gasteiger partial charge in [-0.05, 0) is 43.7 Å². The minimum absolute atomic E-state index is 0.586. The quantitative estimate of drug-likeness (QED) is 0.886. The molecule has 0 bridgehead atoms. The number of hydrogen-bond acceptors (Lipinski definition) is 3. The van der Waals surface area contributed by atoms with Crippen LogP contribution in [0.2, 0.25) is 5.02 Å². The first-order chi connectivity index (χ1) is 8.58. The predicted octanol–water partition coefficient (Wildman–Crippen LogP) is 3.97. The highest BCUT2D eigenvalue weighted by Gasteiger charge is 2.02. The largest absolute Gasteiger partial charge is 0.340 e. The van der Waals surface area contributed by atoms with Crippen molar-refractivity contribution in [1.82, 2.24) is 4.98 Å². The fourth-order valence-electron chi connectivity index (χ4n) is 1.62. The van der Waals surface area contributed by atoms with Crippen LogP contribution in [0, 0.1) is 25.2 Å². The maximum absolute atomic E-state index is 8.91. The van der Waals surface area contributed by atoms with Crippen molar-refractivity contribution < 1.29 is 0 Å². The molecule has 0 saturated heterocycles. The molecule has 90 valence electrons. The fraction of sp³-hybridized carbons (Fsp3) is 0.143. The summed E-state index contributed by atoms with van der Waals surface area (Å²) in [5.74, 6) is 0.645. The van der Waals surface area contributed by atoms with Gasteiger partial charge in [0.1, 0.15) is 5.82 Å². The first-order valence-corrected chi connectivity index (χ1v) is 5.88. The van der Waals surface area contributed by atoms with Crippen molar-refractivity contribution in [2.75, 3.05) is 5.32 Å². The minimum Gasteiger partial charge on any atom is -0.340 e. The van der Waals surface area contributed by atoms with E-state index < -0.39 is 0 Å². The molecule has 2 rings (SSSR count). The summed E-state index contributed by atoms with van der Waals surface area (Å²) in [5, 5.41) is 12.7. The number of benzene rings is 1. The highest BCUT2D eigenvalue weighted by atomic mass is 35.5. The standard InChI is InChI=1S/C14H12ClN3/c1-9-3-4-12(7-13(9)15)18-14-6-11(8-16)5-10(2)17-14/h3-7H,1-2H3,(H,17,18). The van der Waals surface area contributed by atoms with E-state index in [9.17, 15) is 0 Å². The van der Waals surface area contributed by atoms with Gasteiger partial charge in [0.2, 0.25) is 0 Å². The van der Waals surface area contributed by atoms with Crippen LogP contribution in [-0.2, 0) is 0 Å². The van der Waals surface area contributed by atoms with E-state index in [0.29, 0.717) is 16.4 Å². The number of nitrogens with one attached hydrogen (secondary N) is 1. The molecule has 0 unspecified atom stereocenters. The summed E-state index contributed by atoms with van der Waals surface area (Å²) in [6, 6.07) is 11.3. The normalized spacial score (nSPS) is 9.89. The molecule has 1 heterocycles. The lowest BCUT2D eigenvalue weighted by Gasteiger charge is -2.08. The van der Waals surface area contributed by atoms with Gasteiger partial charge in [-0.1, -0.05) is 17.7 Å². The Morgan fingerprint density at radius 1 is 1.22 bits per heavy atom. The Bertz CT molecular complexity index is 629. The van der Waals surface area contributed by atoms with Gasteiger partial charge in [-0.15, -0.1) is 0 Å². The van der Waals surface area contributed by atoms with E-state index in [-0.39, 0.29) is 0 Å². The molecule has 4 heteroatoms. The maximum atomic E-state index is 8.91. The number of nitrogens with zero attached hydrogens (tertiary/aromatic N) is 2. The van der Waals surface area contributed by atoms with Crippen LogP contribution in [-0.4, -0.2) is 4.98 Å². The van der Waals surface area contributed by atoms with E-state index in [2.05, 4.69) is 16.4 Å². The van der Waals surface area contributed by atoms with Crippen LogP contribution in [0.15, 0.2) is 30.3 Å². The smallest absolute Gasteiger partial charge is 0.131 e. The summed E-state index contributed by atoms with van der Waals surface area (Å²) in [6.07, 6.45) is 0. The Morgan fingerprint density at radius 2 is 2.00 bits per heavy atom. The van der Waals surface area contributed by atoms with Gasteiger partial charge >= 0.3 is 0 Å². The lowest BCUT2D eigenvalue weighted by molar-refractivity contribution is 1.19. The van der Waals surface area contributed by atoms with Crippen LogP contribution in [0.25, 0.3) is 0 Å². The molecular formula is C14H12ClN3. The maximum Gasteiger partial charge on any atom is 0.131 e. The SMILES string of the molecule is Cc1cc(C#N)cc(Nc2ccc(C)c(Cl)c2)n1. The zero-order chi connectivity index (χ0) is 13.1. The molecular weight excluding hydrogens is 246 g/mol. The molecule has 0 atom stereocenters. The second-order valence-electron chi connectivity index (χ2n) is 4.08. The van der Waals surface area contributed by atoms with E-state index in [1.54, 1.807) is 12.1 Å². The van der Waals surface area contributed by atoms with Crippen LogP contribution in [0.5, 0.6) is 0 Å². The van der Waals surface area contributed by atoms with E-state index in [1.165, 1.54) is 0 Å². The second-order valence-corrected chi connectivity index (χ2v) is 4.49. The van der Waals surface area contributed by atoms with Gasteiger partial charge in [0, 0.05) is 16.4 Å². The first-order valence-electron chi connectivity index (χ1n) is 5.50. The summed E-state index contributed by atoms with van der Waals surface area (Å²) < 4.78 is 0. The number of hydrogen-bond donors (Lipinski definition) is 1. The molecule has 0 fully saturated rings. The van der Waals surface area contributed by atoms with E-state index in [4.69, 9.17) is 16.9 Å². The Morgan fingerprint density at radius 3 is 2.67 bits per heavy atom. The van der Waals surface area contributed by atoms with Crippen LogP contribution < -0.4 is 5.32 Å². The van der Waals surface area contributed by atoms with Gasteiger partial charge < -0.3 is 5.32 Å². The Hall–Kier alpha value is -2.05. The van der Waals surface area contributed by atoms with Gasteiger partial charge in [-0.2, -0.15) is 5.26 Å². The van der Waals surface area contributed by atoms with Gasteiger partial charge in [0.05, 0.1) is 11.6 Å². The third-order valence-corrected chi connectivity index (χ3v) is 2.93. The Labute approximate surface area is 111 Å². The summed E-state index contributed by atoms with van der Waals surface area (Å²) in [6.45, 7) is 3.80.